The molecule has 0 amide bonds. The Kier molecular flexibility index (Phi) is 3.29. The third-order valence-corrected chi connectivity index (χ3v) is 2.09. The smallest absolute Gasteiger partial charge is 0.146 e. The highest BCUT2D eigenvalue weighted by Gasteiger charge is 2.13. The van der Waals surface area contributed by atoms with Gasteiger partial charge in [0.1, 0.15) is 5.83 Å². The lowest BCUT2D eigenvalue weighted by molar-refractivity contribution is 0.422. The predicted molar refractivity (Wildman–Crippen MR) is 53.7 cm³/mol. The van der Waals surface area contributed by atoms with Crippen molar-refractivity contribution < 1.29 is 4.39 Å². The van der Waals surface area contributed by atoms with E-state index in [9.17, 15) is 4.39 Å². The topological polar surface area (TPSA) is 3.24 Å². The van der Waals surface area contributed by atoms with E-state index in [-0.39, 0.29) is 5.83 Å². The Balaban J connectivity index is 2.66. The number of allylic oxidation sites excluding steroid dienone is 3. The average molecular weight is 181 g/mol. The van der Waals surface area contributed by atoms with E-state index in [0.717, 1.165) is 25.0 Å². The molecule has 0 unspecified atom stereocenters. The van der Waals surface area contributed by atoms with Crippen LogP contribution in [0.25, 0.3) is 0 Å². The fourth-order valence-corrected chi connectivity index (χ4v) is 1.31. The Morgan fingerprint density at radius 3 is 2.85 bits per heavy atom. The molecule has 0 saturated carbocycles. The minimum atomic E-state index is -0.212. The van der Waals surface area contributed by atoms with Crippen molar-refractivity contribution in [2.75, 3.05) is 6.54 Å². The van der Waals surface area contributed by atoms with Gasteiger partial charge in [0.25, 0.3) is 0 Å². The second-order valence-corrected chi connectivity index (χ2v) is 3.36. The minimum absolute atomic E-state index is 0.212. The van der Waals surface area contributed by atoms with Gasteiger partial charge >= 0.3 is 0 Å². The van der Waals surface area contributed by atoms with E-state index in [4.69, 9.17) is 0 Å². The van der Waals surface area contributed by atoms with Gasteiger partial charge in [-0.15, -0.1) is 0 Å². The van der Waals surface area contributed by atoms with Gasteiger partial charge in [-0.3, -0.25) is 0 Å². The SMILES string of the molecule is C=C1C(F)=CC(C)=CN1CCCC. The van der Waals surface area contributed by atoms with Gasteiger partial charge in [0, 0.05) is 12.7 Å². The summed E-state index contributed by atoms with van der Waals surface area (Å²) in [6.45, 7) is 8.57. The van der Waals surface area contributed by atoms with Gasteiger partial charge in [-0.1, -0.05) is 19.9 Å². The molecule has 13 heavy (non-hydrogen) atoms. The minimum Gasteiger partial charge on any atom is -0.346 e. The largest absolute Gasteiger partial charge is 0.346 e. The average Bonchev–Trinajstić information content (AvgIpc) is 2.09. The zero-order valence-electron chi connectivity index (χ0n) is 8.31. The van der Waals surface area contributed by atoms with Crippen LogP contribution in [-0.4, -0.2) is 11.4 Å². The maximum absolute atomic E-state index is 13.2. The number of nitrogens with zero attached hydrogens (tertiary/aromatic N) is 1. The lowest BCUT2D eigenvalue weighted by Gasteiger charge is -2.25. The summed E-state index contributed by atoms with van der Waals surface area (Å²) in [5, 5.41) is 0. The van der Waals surface area contributed by atoms with E-state index in [1.54, 1.807) is 0 Å². The predicted octanol–water partition coefficient (Wildman–Crippen LogP) is 3.37. The van der Waals surface area contributed by atoms with Crippen LogP contribution in [0.3, 0.4) is 0 Å². The van der Waals surface area contributed by atoms with Crippen LogP contribution in [0.1, 0.15) is 26.7 Å². The van der Waals surface area contributed by atoms with E-state index in [0.29, 0.717) is 5.70 Å². The van der Waals surface area contributed by atoms with E-state index in [2.05, 4.69) is 13.5 Å². The van der Waals surface area contributed by atoms with Crippen molar-refractivity contribution in [2.45, 2.75) is 26.7 Å². The summed E-state index contributed by atoms with van der Waals surface area (Å²) in [5.41, 5.74) is 1.43. The van der Waals surface area contributed by atoms with Crippen LogP contribution in [-0.2, 0) is 0 Å². The molecule has 0 aromatic rings. The Bertz CT molecular complexity index is 263. The third-order valence-electron chi connectivity index (χ3n) is 2.09. The number of hydrogen-bond acceptors (Lipinski definition) is 1. The van der Waals surface area contributed by atoms with Gasteiger partial charge in [0.05, 0.1) is 5.70 Å². The molecule has 0 bridgehead atoms. The summed E-state index contributed by atoms with van der Waals surface area (Å²) in [7, 11) is 0. The van der Waals surface area contributed by atoms with E-state index in [1.165, 1.54) is 6.08 Å². The Labute approximate surface area is 79.2 Å². The Hall–Kier alpha value is -1.05. The quantitative estimate of drug-likeness (QED) is 0.645. The fourth-order valence-electron chi connectivity index (χ4n) is 1.31. The molecule has 1 nitrogen and oxygen atoms in total. The van der Waals surface area contributed by atoms with E-state index in [1.807, 2.05) is 18.0 Å². The number of unbranched alkanes of at least 4 members (excludes halogenated alkanes) is 1. The molecule has 0 fully saturated rings. The molecular formula is C11H16FN. The summed E-state index contributed by atoms with van der Waals surface area (Å²) in [6.07, 6.45) is 5.64. The van der Waals surface area contributed by atoms with Gasteiger partial charge in [0.2, 0.25) is 0 Å². The highest BCUT2D eigenvalue weighted by atomic mass is 19.1. The van der Waals surface area contributed by atoms with Crippen molar-refractivity contribution in [3.63, 3.8) is 0 Å². The zero-order chi connectivity index (χ0) is 9.84. The number of hydrogen-bond donors (Lipinski definition) is 0. The second kappa shape index (κ2) is 4.26. The molecule has 0 atom stereocenters. The Morgan fingerprint density at radius 1 is 1.54 bits per heavy atom. The highest BCUT2D eigenvalue weighted by molar-refractivity contribution is 5.35. The van der Waals surface area contributed by atoms with Crippen molar-refractivity contribution in [3.8, 4) is 0 Å². The molecular weight excluding hydrogens is 165 g/mol. The van der Waals surface area contributed by atoms with Crippen LogP contribution in [0.2, 0.25) is 0 Å². The molecule has 0 spiro atoms. The Morgan fingerprint density at radius 2 is 2.23 bits per heavy atom. The van der Waals surface area contributed by atoms with Crippen molar-refractivity contribution in [2.24, 2.45) is 0 Å². The number of halogens is 1. The first-order chi connectivity index (χ1) is 6.15. The lowest BCUT2D eigenvalue weighted by Crippen LogP contribution is -2.20. The lowest BCUT2D eigenvalue weighted by atomic mass is 10.1. The first-order valence-corrected chi connectivity index (χ1v) is 4.66. The standard InChI is InChI=1S/C11H16FN/c1-4-5-6-13-8-9(2)7-11(12)10(13)3/h7-8H,3-6H2,1-2H3. The van der Waals surface area contributed by atoms with Crippen molar-refractivity contribution >= 4 is 0 Å². The summed E-state index contributed by atoms with van der Waals surface area (Å²) >= 11 is 0. The summed E-state index contributed by atoms with van der Waals surface area (Å²) in [5.74, 6) is -0.212. The monoisotopic (exact) mass is 181 g/mol. The van der Waals surface area contributed by atoms with Gasteiger partial charge in [0.15, 0.2) is 0 Å². The van der Waals surface area contributed by atoms with Crippen LogP contribution in [0, 0.1) is 0 Å². The molecule has 2 heteroatoms. The molecule has 1 aliphatic heterocycles. The first kappa shape index (κ1) is 10.0. The molecule has 0 aliphatic carbocycles. The first-order valence-electron chi connectivity index (χ1n) is 4.66. The van der Waals surface area contributed by atoms with Gasteiger partial charge in [-0.05, 0) is 25.0 Å². The molecule has 0 radical (unpaired) electrons. The molecule has 72 valence electrons. The summed E-state index contributed by atoms with van der Waals surface area (Å²) in [6, 6.07) is 0. The van der Waals surface area contributed by atoms with Crippen molar-refractivity contribution in [3.05, 3.63) is 36.0 Å². The summed E-state index contributed by atoms with van der Waals surface area (Å²) < 4.78 is 13.2. The molecule has 1 heterocycles. The number of rotatable bonds is 3. The van der Waals surface area contributed by atoms with Crippen LogP contribution in [0.5, 0.6) is 0 Å². The van der Waals surface area contributed by atoms with Crippen LogP contribution in [0.15, 0.2) is 36.0 Å². The fraction of sp³-hybridized carbons (Fsp3) is 0.455. The molecule has 1 aliphatic rings. The van der Waals surface area contributed by atoms with Gasteiger partial charge < -0.3 is 4.90 Å². The normalized spacial score (nSPS) is 17.2. The van der Waals surface area contributed by atoms with Crippen LogP contribution < -0.4 is 0 Å². The molecule has 0 aromatic carbocycles. The molecule has 0 saturated heterocycles. The van der Waals surface area contributed by atoms with Gasteiger partial charge in [-0.2, -0.15) is 0 Å². The van der Waals surface area contributed by atoms with Crippen molar-refractivity contribution in [1.29, 1.82) is 0 Å². The molecule has 0 aromatic heterocycles. The maximum atomic E-state index is 13.2. The molecule has 0 N–H and O–H groups in total. The van der Waals surface area contributed by atoms with Crippen molar-refractivity contribution in [1.82, 2.24) is 4.90 Å². The molecule has 1 rings (SSSR count). The summed E-state index contributed by atoms with van der Waals surface area (Å²) in [4.78, 5) is 1.88. The van der Waals surface area contributed by atoms with E-state index < -0.39 is 0 Å². The van der Waals surface area contributed by atoms with Crippen LogP contribution in [0.4, 0.5) is 4.39 Å². The van der Waals surface area contributed by atoms with E-state index >= 15 is 0 Å². The third kappa shape index (κ3) is 2.44. The highest BCUT2D eigenvalue weighted by Crippen LogP contribution is 2.23. The maximum Gasteiger partial charge on any atom is 0.146 e. The van der Waals surface area contributed by atoms with Gasteiger partial charge in [-0.25, -0.2) is 4.39 Å². The zero-order valence-corrected chi connectivity index (χ0v) is 8.31. The van der Waals surface area contributed by atoms with Crippen LogP contribution >= 0.6 is 0 Å². The second-order valence-electron chi connectivity index (χ2n) is 3.36.